The Morgan fingerprint density at radius 3 is 1.29 bits per heavy atom. The molecule has 0 aliphatic carbocycles. The first-order chi connectivity index (χ1) is 34.8. The number of piperazine rings is 2. The minimum Gasteiger partial charge on any atom is -0.491 e. The van der Waals surface area contributed by atoms with Crippen molar-refractivity contribution in [2.45, 2.75) is 50.7 Å². The van der Waals surface area contributed by atoms with E-state index >= 15 is 0 Å². The Hall–Kier alpha value is -5.56. The lowest BCUT2D eigenvalue weighted by atomic mass is 10.1. The topological polar surface area (TPSA) is 138 Å². The van der Waals surface area contributed by atoms with E-state index in [9.17, 15) is 9.59 Å². The van der Waals surface area contributed by atoms with E-state index in [1.165, 1.54) is 0 Å². The van der Waals surface area contributed by atoms with Crippen molar-refractivity contribution in [1.82, 2.24) is 28.9 Å². The summed E-state index contributed by atoms with van der Waals surface area (Å²) in [7, 11) is 0. The van der Waals surface area contributed by atoms with E-state index in [2.05, 4.69) is 19.8 Å². The number of benzene rings is 4. The normalized spacial score (nSPS) is 22.1. The van der Waals surface area contributed by atoms with Crippen LogP contribution in [0.15, 0.2) is 122 Å². The minimum absolute atomic E-state index is 0.129. The van der Waals surface area contributed by atoms with Gasteiger partial charge in [-0.15, -0.1) is 0 Å². The molecule has 0 spiro atoms. The van der Waals surface area contributed by atoms with Gasteiger partial charge in [0.1, 0.15) is 36.9 Å². The van der Waals surface area contributed by atoms with Gasteiger partial charge in [0.25, 0.3) is 0 Å². The fourth-order valence-electron chi connectivity index (χ4n) is 9.19. The van der Waals surface area contributed by atoms with Gasteiger partial charge in [-0.05, 0) is 72.8 Å². The Bertz CT molecular complexity index is 2550. The second kappa shape index (κ2) is 23.1. The number of amides is 2. The zero-order valence-corrected chi connectivity index (χ0v) is 43.0. The van der Waals surface area contributed by atoms with Gasteiger partial charge in [-0.1, -0.05) is 58.5 Å². The monoisotopic (exact) mass is 1060 g/mol. The van der Waals surface area contributed by atoms with E-state index in [1.807, 2.05) is 92.0 Å². The van der Waals surface area contributed by atoms with Crippen molar-refractivity contribution in [1.29, 1.82) is 0 Å². The van der Waals surface area contributed by atoms with Gasteiger partial charge >= 0.3 is 0 Å². The number of ether oxygens (including phenoxy) is 6. The summed E-state index contributed by atoms with van der Waals surface area (Å²) in [6, 6.07) is 26.6. The van der Waals surface area contributed by atoms with Crippen molar-refractivity contribution in [3.8, 4) is 11.5 Å². The van der Waals surface area contributed by atoms with Gasteiger partial charge in [-0.3, -0.25) is 9.59 Å². The molecular weight excluding hydrogens is 1010 g/mol. The van der Waals surface area contributed by atoms with E-state index in [1.54, 1.807) is 63.2 Å². The molecule has 0 radical (unpaired) electrons. The van der Waals surface area contributed by atoms with Crippen LogP contribution in [0, 0.1) is 0 Å². The van der Waals surface area contributed by atoms with Crippen LogP contribution in [0.25, 0.3) is 0 Å². The maximum atomic E-state index is 11.6. The lowest BCUT2D eigenvalue weighted by Crippen LogP contribution is -2.48. The number of anilines is 2. The van der Waals surface area contributed by atoms with Crippen molar-refractivity contribution in [2.24, 2.45) is 0 Å². The Labute approximate surface area is 438 Å². The van der Waals surface area contributed by atoms with Crippen molar-refractivity contribution in [3.05, 3.63) is 154 Å². The first kappa shape index (κ1) is 51.3. The number of rotatable bonds is 14. The Balaban J connectivity index is 0.000000178. The average molecular weight is 1060 g/mol. The Kier molecular flexibility index (Phi) is 16.5. The zero-order chi connectivity index (χ0) is 50.2. The van der Waals surface area contributed by atoms with Gasteiger partial charge in [-0.2, -0.15) is 0 Å². The molecule has 6 heterocycles. The second-order valence-corrected chi connectivity index (χ2v) is 19.6. The maximum Gasteiger partial charge on any atom is 0.219 e. The maximum absolute atomic E-state index is 11.6. The van der Waals surface area contributed by atoms with Gasteiger partial charge in [0.05, 0.1) is 49.0 Å². The van der Waals surface area contributed by atoms with Crippen LogP contribution in [0.5, 0.6) is 11.5 Å². The van der Waals surface area contributed by atoms with E-state index in [-0.39, 0.29) is 24.0 Å². The third-order valence-corrected chi connectivity index (χ3v) is 14.1. The largest absolute Gasteiger partial charge is 0.491 e. The van der Waals surface area contributed by atoms with Crippen LogP contribution in [-0.2, 0) is 53.2 Å². The standard InChI is InChI=1S/2C26H28Cl2N4O4/c2*1-19(33)31-10-12-32(13-11-31)21-3-5-22(6-4-21)34-15-23-16-35-26(36-23,17-30-9-8-29-18-30)24-7-2-20(27)14-25(24)28/h2*2-9,14,18,23H,10-13,15-17H2,1H3/t2*23-,26-/m00/s1. The molecule has 0 bridgehead atoms. The number of carbonyl (C=O) groups is 2. The smallest absolute Gasteiger partial charge is 0.219 e. The quantitative estimate of drug-likeness (QED) is 0.104. The minimum atomic E-state index is -1.08. The third kappa shape index (κ3) is 12.4. The van der Waals surface area contributed by atoms with Gasteiger partial charge in [0.15, 0.2) is 0 Å². The van der Waals surface area contributed by atoms with Crippen LogP contribution < -0.4 is 19.3 Å². The molecule has 10 rings (SSSR count). The summed E-state index contributed by atoms with van der Waals surface area (Å²) >= 11 is 25.3. The van der Waals surface area contributed by atoms with Gasteiger partial charge < -0.3 is 57.2 Å². The molecule has 0 unspecified atom stereocenters. The summed E-state index contributed by atoms with van der Waals surface area (Å²) < 4.78 is 41.2. The number of imidazole rings is 2. The predicted octanol–water partition coefficient (Wildman–Crippen LogP) is 8.41. The van der Waals surface area contributed by atoms with Gasteiger partial charge in [0, 0.05) is 124 Å². The molecule has 16 nitrogen and oxygen atoms in total. The number of aromatic nitrogens is 4. The summed E-state index contributed by atoms with van der Waals surface area (Å²) in [6.07, 6.45) is 9.96. The molecule has 6 aromatic rings. The zero-order valence-electron chi connectivity index (χ0n) is 40.0. The molecule has 4 aliphatic rings. The van der Waals surface area contributed by atoms with Crippen molar-refractivity contribution < 1.29 is 38.0 Å². The second-order valence-electron chi connectivity index (χ2n) is 17.9. The molecule has 380 valence electrons. The molecule has 72 heavy (non-hydrogen) atoms. The summed E-state index contributed by atoms with van der Waals surface area (Å²) in [5.41, 5.74) is 3.64. The van der Waals surface area contributed by atoms with Crippen molar-refractivity contribution in [3.63, 3.8) is 0 Å². The van der Waals surface area contributed by atoms with Crippen LogP contribution in [0.3, 0.4) is 0 Å². The third-order valence-electron chi connectivity index (χ3n) is 13.0. The van der Waals surface area contributed by atoms with E-state index in [0.717, 1.165) is 75.2 Å². The van der Waals surface area contributed by atoms with Crippen molar-refractivity contribution >= 4 is 69.6 Å². The van der Waals surface area contributed by atoms with Crippen LogP contribution in [-0.4, -0.2) is 132 Å². The highest BCUT2D eigenvalue weighted by atomic mass is 35.5. The molecule has 0 saturated carbocycles. The molecule has 4 fully saturated rings. The Morgan fingerprint density at radius 2 is 0.958 bits per heavy atom. The SMILES string of the molecule is CC(=O)N1CCN(c2ccc(OC[C@H]3CO[C@](Cn4ccnc4)(c4ccc(Cl)cc4Cl)O3)cc2)CC1.CC(=O)N1CCN(c2ccc(OC[C@H]3CO[C@](Cn4ccnc4)(c4ccc(Cl)cc4Cl)O3)cc2)CC1. The van der Waals surface area contributed by atoms with E-state index in [0.29, 0.717) is 70.7 Å². The highest BCUT2D eigenvalue weighted by Crippen LogP contribution is 2.42. The molecule has 0 N–H and O–H groups in total. The van der Waals surface area contributed by atoms with Crippen LogP contribution in [0.2, 0.25) is 20.1 Å². The highest BCUT2D eigenvalue weighted by molar-refractivity contribution is 6.35. The summed E-state index contributed by atoms with van der Waals surface area (Å²) in [6.45, 7) is 11.6. The summed E-state index contributed by atoms with van der Waals surface area (Å²) in [5, 5.41) is 2.04. The predicted molar refractivity (Wildman–Crippen MR) is 275 cm³/mol. The molecule has 4 saturated heterocycles. The fraction of sp³-hybridized carbons (Fsp3) is 0.385. The number of nitrogens with zero attached hydrogens (tertiary/aromatic N) is 8. The Morgan fingerprint density at radius 1 is 0.569 bits per heavy atom. The van der Waals surface area contributed by atoms with E-state index in [4.69, 9.17) is 74.8 Å². The summed E-state index contributed by atoms with van der Waals surface area (Å²) in [5.74, 6) is -0.402. The number of hydrogen-bond donors (Lipinski definition) is 0. The average Bonchev–Trinajstić information content (AvgIpc) is 4.24. The molecule has 2 aromatic heterocycles. The molecule has 4 aromatic carbocycles. The van der Waals surface area contributed by atoms with Crippen LogP contribution >= 0.6 is 46.4 Å². The molecular formula is C52H56Cl4N8O8. The van der Waals surface area contributed by atoms with Crippen LogP contribution in [0.4, 0.5) is 11.4 Å². The van der Waals surface area contributed by atoms with E-state index < -0.39 is 11.6 Å². The number of halogens is 4. The molecule has 2 amide bonds. The lowest BCUT2D eigenvalue weighted by Gasteiger charge is -2.35. The highest BCUT2D eigenvalue weighted by Gasteiger charge is 2.47. The van der Waals surface area contributed by atoms with Gasteiger partial charge in [-0.25, -0.2) is 9.97 Å². The fourth-order valence-corrected chi connectivity index (χ4v) is 10.3. The number of carbonyl (C=O) groups excluding carboxylic acids is 2. The summed E-state index contributed by atoms with van der Waals surface area (Å²) in [4.78, 5) is 39.7. The van der Waals surface area contributed by atoms with Crippen LogP contribution in [0.1, 0.15) is 25.0 Å². The lowest BCUT2D eigenvalue weighted by molar-refractivity contribution is -0.189. The molecule has 20 heteroatoms. The molecule has 4 aliphatic heterocycles. The van der Waals surface area contributed by atoms with Crippen molar-refractivity contribution in [2.75, 3.05) is 88.6 Å². The van der Waals surface area contributed by atoms with Gasteiger partial charge in [0.2, 0.25) is 23.4 Å². The molecule has 4 atom stereocenters. The first-order valence-corrected chi connectivity index (χ1v) is 25.3. The first-order valence-electron chi connectivity index (χ1n) is 23.8. The number of hydrogen-bond acceptors (Lipinski definition) is 12.